The number of benzene rings is 1. The number of thiophene rings is 1. The first-order valence-corrected chi connectivity index (χ1v) is 6.31. The van der Waals surface area contributed by atoms with Crippen LogP contribution in [-0.4, -0.2) is 0 Å². The SMILES string of the molecule is N[C@@H](c1ccc(C(F)(F)F)c(Cl)c1)c1cccs1. The fourth-order valence-electron chi connectivity index (χ4n) is 1.59. The first-order valence-electron chi connectivity index (χ1n) is 5.05. The number of nitrogens with two attached hydrogens (primary N) is 1. The predicted molar refractivity (Wildman–Crippen MR) is 66.8 cm³/mol. The molecule has 0 saturated heterocycles. The minimum Gasteiger partial charge on any atom is -0.320 e. The highest BCUT2D eigenvalue weighted by molar-refractivity contribution is 7.10. The van der Waals surface area contributed by atoms with Crippen LogP contribution in [0.4, 0.5) is 13.2 Å². The van der Waals surface area contributed by atoms with Crippen LogP contribution in [0.15, 0.2) is 35.7 Å². The van der Waals surface area contributed by atoms with Crippen molar-refractivity contribution in [1.29, 1.82) is 0 Å². The van der Waals surface area contributed by atoms with E-state index < -0.39 is 17.8 Å². The van der Waals surface area contributed by atoms with E-state index in [2.05, 4.69) is 0 Å². The summed E-state index contributed by atoms with van der Waals surface area (Å²) in [5.41, 5.74) is 5.68. The number of hydrogen-bond acceptors (Lipinski definition) is 2. The Morgan fingerprint density at radius 3 is 2.44 bits per heavy atom. The van der Waals surface area contributed by atoms with Gasteiger partial charge in [-0.05, 0) is 29.1 Å². The monoisotopic (exact) mass is 291 g/mol. The van der Waals surface area contributed by atoms with Crippen LogP contribution in [0.5, 0.6) is 0 Å². The lowest BCUT2D eigenvalue weighted by Gasteiger charge is -2.14. The minimum absolute atomic E-state index is 0.327. The average Bonchev–Trinajstić information content (AvgIpc) is 2.79. The fourth-order valence-corrected chi connectivity index (χ4v) is 2.64. The van der Waals surface area contributed by atoms with Crippen molar-refractivity contribution in [3.8, 4) is 0 Å². The van der Waals surface area contributed by atoms with Crippen molar-refractivity contribution >= 4 is 22.9 Å². The Balaban J connectivity index is 2.35. The van der Waals surface area contributed by atoms with Crippen molar-refractivity contribution in [1.82, 2.24) is 0 Å². The second-order valence-electron chi connectivity index (χ2n) is 3.73. The minimum atomic E-state index is -4.44. The molecule has 1 atom stereocenters. The summed E-state index contributed by atoms with van der Waals surface area (Å²) >= 11 is 7.10. The Morgan fingerprint density at radius 1 is 1.22 bits per heavy atom. The molecule has 0 unspecified atom stereocenters. The molecule has 2 rings (SSSR count). The van der Waals surface area contributed by atoms with Crippen molar-refractivity contribution in [2.45, 2.75) is 12.2 Å². The van der Waals surface area contributed by atoms with E-state index in [-0.39, 0.29) is 5.02 Å². The number of alkyl halides is 3. The smallest absolute Gasteiger partial charge is 0.320 e. The lowest BCUT2D eigenvalue weighted by molar-refractivity contribution is -0.137. The second kappa shape index (κ2) is 4.91. The largest absolute Gasteiger partial charge is 0.417 e. The van der Waals surface area contributed by atoms with Crippen molar-refractivity contribution in [3.05, 3.63) is 56.7 Å². The molecule has 96 valence electrons. The molecule has 1 aromatic carbocycles. The summed E-state index contributed by atoms with van der Waals surface area (Å²) in [5.74, 6) is 0. The van der Waals surface area contributed by atoms with Gasteiger partial charge in [0.1, 0.15) is 0 Å². The van der Waals surface area contributed by atoms with Gasteiger partial charge in [0.2, 0.25) is 0 Å². The molecular weight excluding hydrogens is 283 g/mol. The van der Waals surface area contributed by atoms with E-state index in [0.717, 1.165) is 10.9 Å². The van der Waals surface area contributed by atoms with Gasteiger partial charge in [-0.2, -0.15) is 13.2 Å². The van der Waals surface area contributed by atoms with Gasteiger partial charge >= 0.3 is 6.18 Å². The van der Waals surface area contributed by atoms with E-state index in [4.69, 9.17) is 17.3 Å². The van der Waals surface area contributed by atoms with Gasteiger partial charge in [0, 0.05) is 4.88 Å². The molecule has 2 aromatic rings. The summed E-state index contributed by atoms with van der Waals surface area (Å²) in [4.78, 5) is 0.880. The predicted octanol–water partition coefficient (Wildman–Crippen LogP) is 4.47. The molecule has 0 spiro atoms. The standard InChI is InChI=1S/C12H9ClF3NS/c13-9-6-7(3-4-8(9)12(14,15)16)11(17)10-2-1-5-18-10/h1-6,11H,17H2/t11-/m0/s1. The molecule has 0 bridgehead atoms. The summed E-state index contributed by atoms with van der Waals surface area (Å²) in [6.45, 7) is 0. The van der Waals surface area contributed by atoms with Crippen LogP contribution in [0.2, 0.25) is 5.02 Å². The number of halogens is 4. The third-order valence-corrected chi connectivity index (χ3v) is 3.78. The first-order chi connectivity index (χ1) is 8.39. The van der Waals surface area contributed by atoms with E-state index in [0.29, 0.717) is 5.56 Å². The summed E-state index contributed by atoms with van der Waals surface area (Å²) in [6, 6.07) is 6.82. The van der Waals surface area contributed by atoms with Gasteiger partial charge in [-0.15, -0.1) is 11.3 Å². The van der Waals surface area contributed by atoms with Crippen LogP contribution in [-0.2, 0) is 6.18 Å². The van der Waals surface area contributed by atoms with E-state index in [1.165, 1.54) is 23.5 Å². The summed E-state index contributed by atoms with van der Waals surface area (Å²) in [5, 5.41) is 1.54. The number of hydrogen-bond donors (Lipinski definition) is 1. The van der Waals surface area contributed by atoms with E-state index in [1.54, 1.807) is 0 Å². The van der Waals surface area contributed by atoms with Gasteiger partial charge in [-0.25, -0.2) is 0 Å². The number of rotatable bonds is 2. The Bertz CT molecular complexity index is 537. The lowest BCUT2D eigenvalue weighted by Crippen LogP contribution is -2.12. The van der Waals surface area contributed by atoms with Gasteiger partial charge in [0.05, 0.1) is 16.6 Å². The van der Waals surface area contributed by atoms with Gasteiger partial charge < -0.3 is 5.73 Å². The molecule has 18 heavy (non-hydrogen) atoms. The third kappa shape index (κ3) is 2.68. The molecular formula is C12H9ClF3NS. The first kappa shape index (κ1) is 13.4. The quantitative estimate of drug-likeness (QED) is 0.868. The molecule has 1 nitrogen and oxygen atoms in total. The van der Waals surface area contributed by atoms with Crippen LogP contribution in [0.1, 0.15) is 22.0 Å². The molecule has 0 fully saturated rings. The van der Waals surface area contributed by atoms with Gasteiger partial charge in [-0.1, -0.05) is 23.7 Å². The average molecular weight is 292 g/mol. The Labute approximate surface area is 111 Å². The molecule has 0 radical (unpaired) electrons. The van der Waals surface area contributed by atoms with Crippen LogP contribution in [0, 0.1) is 0 Å². The maximum Gasteiger partial charge on any atom is 0.417 e. The van der Waals surface area contributed by atoms with Crippen LogP contribution in [0.3, 0.4) is 0 Å². The molecule has 1 heterocycles. The van der Waals surface area contributed by atoms with Crippen LogP contribution < -0.4 is 5.73 Å². The van der Waals surface area contributed by atoms with Gasteiger partial charge in [0.25, 0.3) is 0 Å². The van der Waals surface area contributed by atoms with Crippen LogP contribution >= 0.6 is 22.9 Å². The highest BCUT2D eigenvalue weighted by Crippen LogP contribution is 2.36. The van der Waals surface area contributed by atoms with Gasteiger partial charge in [-0.3, -0.25) is 0 Å². The molecule has 0 aliphatic carbocycles. The Kier molecular flexibility index (Phi) is 3.66. The zero-order valence-electron chi connectivity index (χ0n) is 9.04. The lowest BCUT2D eigenvalue weighted by atomic mass is 10.0. The third-order valence-electron chi connectivity index (χ3n) is 2.51. The molecule has 2 N–H and O–H groups in total. The fraction of sp³-hybridized carbons (Fsp3) is 0.167. The zero-order chi connectivity index (χ0) is 13.3. The van der Waals surface area contributed by atoms with Crippen LogP contribution in [0.25, 0.3) is 0 Å². The summed E-state index contributed by atoms with van der Waals surface area (Å²) in [7, 11) is 0. The molecule has 0 aliphatic heterocycles. The Hall–Kier alpha value is -1.04. The van der Waals surface area contributed by atoms with Crippen molar-refractivity contribution in [2.75, 3.05) is 0 Å². The van der Waals surface area contributed by atoms with Crippen molar-refractivity contribution in [2.24, 2.45) is 5.73 Å². The molecule has 0 aliphatic rings. The van der Waals surface area contributed by atoms with Crippen molar-refractivity contribution in [3.63, 3.8) is 0 Å². The topological polar surface area (TPSA) is 26.0 Å². The molecule has 6 heteroatoms. The summed E-state index contributed by atoms with van der Waals surface area (Å²) in [6.07, 6.45) is -4.44. The zero-order valence-corrected chi connectivity index (χ0v) is 10.6. The maximum absolute atomic E-state index is 12.5. The maximum atomic E-state index is 12.5. The summed E-state index contributed by atoms with van der Waals surface area (Å²) < 4.78 is 37.6. The van der Waals surface area contributed by atoms with Crippen molar-refractivity contribution < 1.29 is 13.2 Å². The van der Waals surface area contributed by atoms with E-state index >= 15 is 0 Å². The highest BCUT2D eigenvalue weighted by atomic mass is 35.5. The molecule has 0 saturated carbocycles. The van der Waals surface area contributed by atoms with E-state index in [9.17, 15) is 13.2 Å². The molecule has 1 aromatic heterocycles. The Morgan fingerprint density at radius 2 is 1.94 bits per heavy atom. The van der Waals surface area contributed by atoms with Gasteiger partial charge in [0.15, 0.2) is 0 Å². The second-order valence-corrected chi connectivity index (χ2v) is 5.12. The highest BCUT2D eigenvalue weighted by Gasteiger charge is 2.33. The van der Waals surface area contributed by atoms with E-state index in [1.807, 2.05) is 17.5 Å². The molecule has 0 amide bonds. The normalized spacial score (nSPS) is 13.6.